The normalized spacial score (nSPS) is 22.1. The Hall–Kier alpha value is -0.0800. The molecule has 1 fully saturated rings. The number of rotatable bonds is 7. The predicted molar refractivity (Wildman–Crippen MR) is 74.4 cm³/mol. The highest BCUT2D eigenvalue weighted by molar-refractivity contribution is 4.80. The Balaban J connectivity index is 2.46. The van der Waals surface area contributed by atoms with Crippen molar-refractivity contribution < 1.29 is 4.74 Å². The van der Waals surface area contributed by atoms with Crippen molar-refractivity contribution in [2.45, 2.75) is 77.4 Å². The minimum Gasteiger partial charge on any atom is -0.382 e. The molecule has 2 nitrogen and oxygen atoms in total. The van der Waals surface area contributed by atoms with E-state index in [1.54, 1.807) is 0 Å². The second kappa shape index (κ2) is 8.93. The first-order valence-electron chi connectivity index (χ1n) is 7.54. The van der Waals surface area contributed by atoms with Crippen LogP contribution in [0.15, 0.2) is 0 Å². The Morgan fingerprint density at radius 2 is 1.82 bits per heavy atom. The van der Waals surface area contributed by atoms with Crippen molar-refractivity contribution in [2.24, 2.45) is 5.92 Å². The summed E-state index contributed by atoms with van der Waals surface area (Å²) in [7, 11) is 1.83. The van der Waals surface area contributed by atoms with Crippen LogP contribution in [0, 0.1) is 5.92 Å². The van der Waals surface area contributed by atoms with Crippen molar-refractivity contribution in [3.63, 3.8) is 0 Å². The molecular weight excluding hydrogens is 210 g/mol. The molecule has 0 aromatic heterocycles. The number of methoxy groups -OCH3 is 1. The standard InChI is InChI=1S/C15H31NO/c1-4-11-16-15(12-13(2)17-3)14-9-7-5-6-8-10-14/h13-16H,4-12H2,1-3H3. The third-order valence-corrected chi connectivity index (χ3v) is 4.11. The molecule has 0 spiro atoms. The lowest BCUT2D eigenvalue weighted by Crippen LogP contribution is -2.39. The molecule has 0 amide bonds. The van der Waals surface area contributed by atoms with E-state index >= 15 is 0 Å². The summed E-state index contributed by atoms with van der Waals surface area (Å²) in [6, 6.07) is 0.669. The van der Waals surface area contributed by atoms with Crippen LogP contribution in [0.3, 0.4) is 0 Å². The molecule has 2 unspecified atom stereocenters. The molecule has 1 N–H and O–H groups in total. The average Bonchev–Trinajstić information content (AvgIpc) is 2.62. The molecule has 1 saturated carbocycles. The summed E-state index contributed by atoms with van der Waals surface area (Å²) in [5.74, 6) is 0.877. The highest BCUT2D eigenvalue weighted by Gasteiger charge is 2.23. The maximum absolute atomic E-state index is 5.44. The van der Waals surface area contributed by atoms with E-state index in [0.717, 1.165) is 12.5 Å². The van der Waals surface area contributed by atoms with Gasteiger partial charge in [-0.15, -0.1) is 0 Å². The van der Waals surface area contributed by atoms with Gasteiger partial charge in [-0.1, -0.05) is 32.6 Å². The number of hydrogen-bond donors (Lipinski definition) is 1. The summed E-state index contributed by atoms with van der Waals surface area (Å²) >= 11 is 0. The van der Waals surface area contributed by atoms with Gasteiger partial charge in [0.05, 0.1) is 6.10 Å². The number of ether oxygens (including phenoxy) is 1. The van der Waals surface area contributed by atoms with Crippen molar-refractivity contribution in [1.29, 1.82) is 0 Å². The van der Waals surface area contributed by atoms with Gasteiger partial charge in [-0.2, -0.15) is 0 Å². The SMILES string of the molecule is CCCNC(CC(C)OC)C1CCCCCC1. The highest BCUT2D eigenvalue weighted by Crippen LogP contribution is 2.27. The molecule has 0 saturated heterocycles. The monoisotopic (exact) mass is 241 g/mol. The lowest BCUT2D eigenvalue weighted by Gasteiger charge is -2.29. The van der Waals surface area contributed by atoms with Crippen LogP contribution < -0.4 is 5.32 Å². The molecule has 0 aromatic carbocycles. The maximum Gasteiger partial charge on any atom is 0.0558 e. The van der Waals surface area contributed by atoms with Crippen LogP contribution in [-0.4, -0.2) is 25.8 Å². The summed E-state index contributed by atoms with van der Waals surface area (Å²) in [4.78, 5) is 0. The first-order chi connectivity index (χ1) is 8.27. The van der Waals surface area contributed by atoms with Gasteiger partial charge in [0.2, 0.25) is 0 Å². The first kappa shape index (κ1) is 15.0. The van der Waals surface area contributed by atoms with Crippen LogP contribution in [0.2, 0.25) is 0 Å². The Morgan fingerprint density at radius 1 is 1.18 bits per heavy atom. The number of nitrogens with one attached hydrogen (secondary N) is 1. The van der Waals surface area contributed by atoms with Gasteiger partial charge in [0.15, 0.2) is 0 Å². The van der Waals surface area contributed by atoms with Crippen LogP contribution in [0.1, 0.15) is 65.2 Å². The van der Waals surface area contributed by atoms with Gasteiger partial charge < -0.3 is 10.1 Å². The second-order valence-electron chi connectivity index (χ2n) is 5.59. The zero-order valence-electron chi connectivity index (χ0n) is 12.0. The molecule has 17 heavy (non-hydrogen) atoms. The molecule has 1 rings (SSSR count). The van der Waals surface area contributed by atoms with Crippen LogP contribution in [-0.2, 0) is 4.74 Å². The molecule has 0 aliphatic heterocycles. The lowest BCUT2D eigenvalue weighted by molar-refractivity contribution is 0.0900. The van der Waals surface area contributed by atoms with Gasteiger partial charge in [0, 0.05) is 13.2 Å². The van der Waals surface area contributed by atoms with Crippen molar-refractivity contribution in [3.8, 4) is 0 Å². The summed E-state index contributed by atoms with van der Waals surface area (Å²) < 4.78 is 5.44. The fourth-order valence-electron chi connectivity index (χ4n) is 2.94. The van der Waals surface area contributed by atoms with E-state index in [1.165, 1.54) is 51.4 Å². The highest BCUT2D eigenvalue weighted by atomic mass is 16.5. The molecule has 1 aliphatic rings. The van der Waals surface area contributed by atoms with E-state index in [-0.39, 0.29) is 0 Å². The predicted octanol–water partition coefficient (Wildman–Crippen LogP) is 3.75. The zero-order valence-corrected chi connectivity index (χ0v) is 12.0. The molecule has 0 heterocycles. The third kappa shape index (κ3) is 5.87. The van der Waals surface area contributed by atoms with Crippen LogP contribution in [0.4, 0.5) is 0 Å². The molecule has 102 valence electrons. The Morgan fingerprint density at radius 3 is 2.35 bits per heavy atom. The lowest BCUT2D eigenvalue weighted by atomic mass is 9.88. The van der Waals surface area contributed by atoms with Crippen molar-refractivity contribution in [2.75, 3.05) is 13.7 Å². The van der Waals surface area contributed by atoms with Crippen molar-refractivity contribution in [3.05, 3.63) is 0 Å². The smallest absolute Gasteiger partial charge is 0.0558 e. The van der Waals surface area contributed by atoms with Gasteiger partial charge >= 0.3 is 0 Å². The Kier molecular flexibility index (Phi) is 7.87. The summed E-state index contributed by atoms with van der Waals surface area (Å²) in [6.07, 6.45) is 11.3. The van der Waals surface area contributed by atoms with Crippen LogP contribution >= 0.6 is 0 Å². The second-order valence-corrected chi connectivity index (χ2v) is 5.59. The molecule has 2 atom stereocenters. The van der Waals surface area contributed by atoms with Gasteiger partial charge in [-0.25, -0.2) is 0 Å². The van der Waals surface area contributed by atoms with E-state index in [1.807, 2.05) is 7.11 Å². The van der Waals surface area contributed by atoms with E-state index < -0.39 is 0 Å². The molecule has 1 aliphatic carbocycles. The van der Waals surface area contributed by atoms with E-state index in [4.69, 9.17) is 4.74 Å². The van der Waals surface area contributed by atoms with E-state index in [9.17, 15) is 0 Å². The van der Waals surface area contributed by atoms with Crippen molar-refractivity contribution >= 4 is 0 Å². The van der Waals surface area contributed by atoms with E-state index in [2.05, 4.69) is 19.2 Å². The van der Waals surface area contributed by atoms with Crippen molar-refractivity contribution in [1.82, 2.24) is 5.32 Å². The summed E-state index contributed by atoms with van der Waals surface area (Å²) in [6.45, 7) is 5.59. The van der Waals surface area contributed by atoms with Gasteiger partial charge in [-0.3, -0.25) is 0 Å². The summed E-state index contributed by atoms with van der Waals surface area (Å²) in [5, 5.41) is 3.75. The first-order valence-corrected chi connectivity index (χ1v) is 7.54. The minimum atomic E-state index is 0.382. The zero-order chi connectivity index (χ0) is 12.5. The summed E-state index contributed by atoms with van der Waals surface area (Å²) in [5.41, 5.74) is 0. The molecule has 0 bridgehead atoms. The van der Waals surface area contributed by atoms with Crippen LogP contribution in [0.5, 0.6) is 0 Å². The minimum absolute atomic E-state index is 0.382. The Bertz CT molecular complexity index is 176. The van der Waals surface area contributed by atoms with E-state index in [0.29, 0.717) is 12.1 Å². The third-order valence-electron chi connectivity index (χ3n) is 4.11. The van der Waals surface area contributed by atoms with Crippen LogP contribution in [0.25, 0.3) is 0 Å². The number of hydrogen-bond acceptors (Lipinski definition) is 2. The maximum atomic E-state index is 5.44. The largest absolute Gasteiger partial charge is 0.382 e. The Labute approximate surface area is 108 Å². The molecular formula is C15H31NO. The van der Waals surface area contributed by atoms with Gasteiger partial charge in [-0.05, 0) is 45.1 Å². The van der Waals surface area contributed by atoms with Gasteiger partial charge in [0.1, 0.15) is 0 Å². The average molecular weight is 241 g/mol. The molecule has 0 aromatic rings. The fraction of sp³-hybridized carbons (Fsp3) is 1.00. The topological polar surface area (TPSA) is 21.3 Å². The fourth-order valence-corrected chi connectivity index (χ4v) is 2.94. The quantitative estimate of drug-likeness (QED) is 0.685. The van der Waals surface area contributed by atoms with Gasteiger partial charge in [0.25, 0.3) is 0 Å². The molecule has 0 radical (unpaired) electrons. The molecule has 2 heteroatoms.